The van der Waals surface area contributed by atoms with E-state index in [4.69, 9.17) is 11.8 Å². The minimum Gasteiger partial charge on any atom is -0.255 e. The standard InChI is InChI=1S/C21H24N9PS/c1-28(25-16-19-10-4-7-13-22-19)31(32,29(2)26-17-20-11-5-8-14-23-20)30(3)27-18-21-12-6-9-15-24-21/h4-18H,1-3H3/b25-16+,26-17+,27-18+. The molecule has 0 aliphatic carbocycles. The second kappa shape index (κ2) is 11.2. The van der Waals surface area contributed by atoms with E-state index in [1.807, 2.05) is 54.6 Å². The summed E-state index contributed by atoms with van der Waals surface area (Å²) in [6.07, 6.45) is 10.1. The van der Waals surface area contributed by atoms with Gasteiger partial charge in [-0.25, -0.2) is 14.3 Å². The van der Waals surface area contributed by atoms with Gasteiger partial charge in [0.2, 0.25) is 0 Å². The molecule has 3 aromatic heterocycles. The molecule has 3 aromatic rings. The van der Waals surface area contributed by atoms with E-state index in [0.717, 1.165) is 17.1 Å². The fourth-order valence-corrected chi connectivity index (χ4v) is 4.61. The van der Waals surface area contributed by atoms with Gasteiger partial charge in [-0.3, -0.25) is 15.0 Å². The van der Waals surface area contributed by atoms with Crippen molar-refractivity contribution >= 4 is 36.9 Å². The molecule has 0 aliphatic rings. The first kappa shape index (κ1) is 23.2. The van der Waals surface area contributed by atoms with Crippen LogP contribution < -0.4 is 0 Å². The number of nitrogens with zero attached hydrogens (tertiary/aromatic N) is 9. The Balaban J connectivity index is 1.89. The Morgan fingerprint density at radius 2 is 0.938 bits per heavy atom. The normalized spacial score (nSPS) is 12.0. The average molecular weight is 466 g/mol. The van der Waals surface area contributed by atoms with Crippen molar-refractivity contribution in [1.82, 2.24) is 29.3 Å². The fraction of sp³-hybridized carbons (Fsp3) is 0.143. The maximum absolute atomic E-state index is 6.10. The third-order valence-electron chi connectivity index (χ3n) is 4.27. The molecule has 0 aromatic carbocycles. The van der Waals surface area contributed by atoms with Gasteiger partial charge in [0, 0.05) is 39.7 Å². The molecule has 0 saturated heterocycles. The van der Waals surface area contributed by atoms with Crippen LogP contribution in [0.15, 0.2) is 88.5 Å². The van der Waals surface area contributed by atoms with Crippen LogP contribution in [0, 0.1) is 0 Å². The predicted molar refractivity (Wildman–Crippen MR) is 133 cm³/mol. The van der Waals surface area contributed by atoms with E-state index in [1.54, 1.807) is 72.7 Å². The predicted octanol–water partition coefficient (Wildman–Crippen LogP) is 3.29. The maximum atomic E-state index is 6.10. The molecule has 0 saturated carbocycles. The number of pyridine rings is 3. The number of hydrazone groups is 3. The highest BCUT2D eigenvalue weighted by Gasteiger charge is 2.32. The Labute approximate surface area is 193 Å². The van der Waals surface area contributed by atoms with Crippen LogP contribution in [0.25, 0.3) is 0 Å². The first-order valence-electron chi connectivity index (χ1n) is 9.68. The van der Waals surface area contributed by atoms with Crippen molar-refractivity contribution in [2.24, 2.45) is 15.3 Å². The highest BCUT2D eigenvalue weighted by Crippen LogP contribution is 2.55. The largest absolute Gasteiger partial charge is 0.265 e. The fourth-order valence-electron chi connectivity index (χ4n) is 2.55. The van der Waals surface area contributed by atoms with E-state index < -0.39 is 6.49 Å². The van der Waals surface area contributed by atoms with Gasteiger partial charge in [0.1, 0.15) is 0 Å². The van der Waals surface area contributed by atoms with Crippen molar-refractivity contribution in [3.63, 3.8) is 0 Å². The Hall–Kier alpha value is -3.49. The molecule has 0 unspecified atom stereocenters. The van der Waals surface area contributed by atoms with Crippen molar-refractivity contribution in [3.05, 3.63) is 90.3 Å². The minimum atomic E-state index is -2.75. The monoisotopic (exact) mass is 465 g/mol. The third-order valence-corrected chi connectivity index (χ3v) is 8.96. The molecule has 0 fully saturated rings. The molecule has 164 valence electrons. The first-order chi connectivity index (χ1) is 15.5. The van der Waals surface area contributed by atoms with E-state index in [2.05, 4.69) is 30.3 Å². The van der Waals surface area contributed by atoms with Gasteiger partial charge >= 0.3 is 0 Å². The van der Waals surface area contributed by atoms with E-state index in [1.165, 1.54) is 0 Å². The number of hydrogen-bond donors (Lipinski definition) is 0. The lowest BCUT2D eigenvalue weighted by molar-refractivity contribution is 0.417. The zero-order valence-electron chi connectivity index (χ0n) is 18.0. The lowest BCUT2D eigenvalue weighted by atomic mass is 10.4. The van der Waals surface area contributed by atoms with Gasteiger partial charge in [0.05, 0.1) is 35.7 Å². The van der Waals surface area contributed by atoms with Crippen LogP contribution in [0.3, 0.4) is 0 Å². The van der Waals surface area contributed by atoms with Gasteiger partial charge < -0.3 is 0 Å². The van der Waals surface area contributed by atoms with Gasteiger partial charge in [0.15, 0.2) is 0 Å². The molecule has 0 bridgehead atoms. The molecule has 9 nitrogen and oxygen atoms in total. The van der Waals surface area contributed by atoms with Gasteiger partial charge in [0.25, 0.3) is 6.49 Å². The summed E-state index contributed by atoms with van der Waals surface area (Å²) in [5, 5.41) is 13.6. The topological polar surface area (TPSA) is 85.5 Å². The van der Waals surface area contributed by atoms with Crippen molar-refractivity contribution in [1.29, 1.82) is 0 Å². The van der Waals surface area contributed by atoms with Crippen LogP contribution in [-0.2, 0) is 11.8 Å². The molecule has 32 heavy (non-hydrogen) atoms. The Morgan fingerprint density at radius 1 is 0.625 bits per heavy atom. The van der Waals surface area contributed by atoms with Crippen molar-refractivity contribution < 1.29 is 0 Å². The van der Waals surface area contributed by atoms with Gasteiger partial charge in [-0.15, -0.1) is 0 Å². The quantitative estimate of drug-likeness (QED) is 0.272. The Bertz CT molecular complexity index is 966. The zero-order valence-corrected chi connectivity index (χ0v) is 19.8. The molecular weight excluding hydrogens is 441 g/mol. The first-order valence-corrected chi connectivity index (χ1v) is 12.3. The van der Waals surface area contributed by atoms with Gasteiger partial charge in [-0.2, -0.15) is 15.3 Å². The Kier molecular flexibility index (Phi) is 8.13. The maximum Gasteiger partial charge on any atom is 0.265 e. The SMILES string of the molecule is CN(/N=C/c1ccccn1)P(=S)(N(C)/N=C/c1ccccn1)N(C)/N=C/c1ccccn1. The number of hydrogen-bond acceptors (Lipinski definition) is 7. The zero-order chi connectivity index (χ0) is 22.8. The summed E-state index contributed by atoms with van der Waals surface area (Å²) >= 11 is 6.10. The van der Waals surface area contributed by atoms with Crippen LogP contribution in [0.2, 0.25) is 0 Å². The summed E-state index contributed by atoms with van der Waals surface area (Å²) in [7, 11) is 5.42. The van der Waals surface area contributed by atoms with Gasteiger partial charge in [-0.05, 0) is 48.2 Å². The molecule has 0 N–H and O–H groups in total. The lowest BCUT2D eigenvalue weighted by Crippen LogP contribution is -2.29. The average Bonchev–Trinajstić information content (AvgIpc) is 2.85. The van der Waals surface area contributed by atoms with Crippen LogP contribution in [0.5, 0.6) is 0 Å². The van der Waals surface area contributed by atoms with Gasteiger partial charge in [-0.1, -0.05) is 18.2 Å². The summed E-state index contributed by atoms with van der Waals surface area (Å²) in [5.74, 6) is 0. The van der Waals surface area contributed by atoms with Crippen LogP contribution >= 0.6 is 6.49 Å². The minimum absolute atomic E-state index is 0.722. The molecular formula is C21H24N9PS. The van der Waals surface area contributed by atoms with Crippen LogP contribution in [0.1, 0.15) is 17.1 Å². The summed E-state index contributed by atoms with van der Waals surface area (Å²) in [5.41, 5.74) is 2.17. The van der Waals surface area contributed by atoms with E-state index in [9.17, 15) is 0 Å². The molecule has 0 radical (unpaired) electrons. The molecule has 0 atom stereocenters. The molecule has 0 spiro atoms. The molecule has 11 heteroatoms. The summed E-state index contributed by atoms with van der Waals surface area (Å²) < 4.78 is 5.09. The van der Waals surface area contributed by atoms with Crippen LogP contribution in [-0.4, -0.2) is 69.1 Å². The van der Waals surface area contributed by atoms with E-state index in [0.29, 0.717) is 0 Å². The van der Waals surface area contributed by atoms with Crippen molar-refractivity contribution in [2.75, 3.05) is 21.1 Å². The Morgan fingerprint density at radius 3 is 1.19 bits per heavy atom. The smallest absolute Gasteiger partial charge is 0.255 e. The molecule has 0 amide bonds. The second-order valence-electron chi connectivity index (χ2n) is 6.48. The summed E-state index contributed by atoms with van der Waals surface area (Å²) in [6.45, 7) is -2.75. The van der Waals surface area contributed by atoms with Crippen molar-refractivity contribution in [2.45, 2.75) is 0 Å². The third kappa shape index (κ3) is 6.03. The van der Waals surface area contributed by atoms with E-state index >= 15 is 0 Å². The number of rotatable bonds is 9. The lowest BCUT2D eigenvalue weighted by Gasteiger charge is -2.39. The number of aromatic nitrogens is 3. The molecule has 3 rings (SSSR count). The van der Waals surface area contributed by atoms with Crippen molar-refractivity contribution in [3.8, 4) is 0 Å². The van der Waals surface area contributed by atoms with Crippen LogP contribution in [0.4, 0.5) is 0 Å². The highest BCUT2D eigenvalue weighted by atomic mass is 32.4. The van der Waals surface area contributed by atoms with E-state index in [-0.39, 0.29) is 0 Å². The molecule has 3 heterocycles. The second-order valence-corrected chi connectivity index (χ2v) is 10.7. The highest BCUT2D eigenvalue weighted by molar-refractivity contribution is 8.11. The summed E-state index contributed by atoms with van der Waals surface area (Å²) in [6, 6.07) is 16.9. The molecule has 0 aliphatic heterocycles. The summed E-state index contributed by atoms with van der Waals surface area (Å²) in [4.78, 5) is 12.8.